The van der Waals surface area contributed by atoms with Crippen molar-refractivity contribution in [3.8, 4) is 0 Å². The summed E-state index contributed by atoms with van der Waals surface area (Å²) in [5.41, 5.74) is 1.14. The van der Waals surface area contributed by atoms with Gasteiger partial charge in [-0.05, 0) is 44.2 Å². The van der Waals surface area contributed by atoms with Crippen LogP contribution in [0.2, 0.25) is 0 Å². The molecule has 0 aliphatic carbocycles. The molecule has 0 aromatic heterocycles. The van der Waals surface area contributed by atoms with Crippen LogP contribution in [0.3, 0.4) is 0 Å². The van der Waals surface area contributed by atoms with Gasteiger partial charge in [0.25, 0.3) is 0 Å². The first-order valence-electron chi connectivity index (χ1n) is 8.69. The number of benzene rings is 1. The maximum Gasteiger partial charge on any atom is 0.408 e. The van der Waals surface area contributed by atoms with Crippen LogP contribution in [-0.4, -0.2) is 28.9 Å². The molecule has 25 heavy (non-hydrogen) atoms. The summed E-state index contributed by atoms with van der Waals surface area (Å²) in [5, 5.41) is 13.4. The Morgan fingerprint density at radius 1 is 1.28 bits per heavy atom. The van der Waals surface area contributed by atoms with Crippen molar-refractivity contribution < 1.29 is 14.6 Å². The van der Waals surface area contributed by atoms with Gasteiger partial charge in [0.15, 0.2) is 0 Å². The Balaban J connectivity index is 3.11. The Morgan fingerprint density at radius 3 is 2.36 bits per heavy atom. The van der Waals surface area contributed by atoms with Crippen molar-refractivity contribution >= 4 is 11.7 Å². The van der Waals surface area contributed by atoms with E-state index in [4.69, 9.17) is 4.74 Å². The van der Waals surface area contributed by atoms with Gasteiger partial charge >= 0.3 is 6.09 Å². The normalized spacial score (nSPS) is 14.8. The number of hydrogen-bond donors (Lipinski definition) is 2. The molecule has 0 aliphatic heterocycles. The highest BCUT2D eigenvalue weighted by Gasteiger charge is 2.22. The molecule has 1 aromatic carbocycles. The lowest BCUT2D eigenvalue weighted by Crippen LogP contribution is -2.41. The Hall–Kier alpha value is -2.07. The molecule has 0 spiro atoms. The third-order valence-electron chi connectivity index (χ3n) is 3.62. The van der Waals surface area contributed by atoms with E-state index in [1.54, 1.807) is 6.08 Å². The topological polar surface area (TPSA) is 58.6 Å². The van der Waals surface area contributed by atoms with E-state index in [0.717, 1.165) is 11.1 Å². The third kappa shape index (κ3) is 7.57. The Kier molecular flexibility index (Phi) is 7.91. The minimum Gasteiger partial charge on any atom is -0.444 e. The highest BCUT2D eigenvalue weighted by molar-refractivity contribution is 5.72. The second-order valence-corrected chi connectivity index (χ2v) is 7.44. The molecule has 2 atom stereocenters. The smallest absolute Gasteiger partial charge is 0.408 e. The van der Waals surface area contributed by atoms with Gasteiger partial charge in [0.1, 0.15) is 5.60 Å². The maximum atomic E-state index is 12.1. The first kappa shape index (κ1) is 21.0. The van der Waals surface area contributed by atoms with Gasteiger partial charge in [-0.3, -0.25) is 0 Å². The number of amides is 1. The molecule has 0 fully saturated rings. The molecular weight excluding hydrogens is 314 g/mol. The highest BCUT2D eigenvalue weighted by Crippen LogP contribution is 2.23. The molecular formula is C21H31NO3. The number of carbonyl (C=O) groups excluding carboxylic acids is 1. The van der Waals surface area contributed by atoms with Gasteiger partial charge in [-0.15, -0.1) is 6.58 Å². The number of carbonyl (C=O) groups is 1. The minimum absolute atomic E-state index is 0.141. The van der Waals surface area contributed by atoms with E-state index in [0.29, 0.717) is 6.42 Å². The van der Waals surface area contributed by atoms with E-state index in [2.05, 4.69) is 11.9 Å². The number of ether oxygens (including phenoxy) is 1. The maximum absolute atomic E-state index is 12.1. The summed E-state index contributed by atoms with van der Waals surface area (Å²) in [6.07, 6.45) is 2.90. The van der Waals surface area contributed by atoms with Crippen molar-refractivity contribution in [3.05, 3.63) is 54.6 Å². The Bertz CT molecular complexity index is 585. The third-order valence-corrected chi connectivity index (χ3v) is 3.62. The van der Waals surface area contributed by atoms with Crippen molar-refractivity contribution in [2.45, 2.75) is 58.8 Å². The van der Waals surface area contributed by atoms with Crippen LogP contribution in [0.5, 0.6) is 0 Å². The van der Waals surface area contributed by atoms with Gasteiger partial charge < -0.3 is 15.2 Å². The molecule has 0 saturated heterocycles. The van der Waals surface area contributed by atoms with E-state index in [-0.39, 0.29) is 12.0 Å². The van der Waals surface area contributed by atoms with Gasteiger partial charge in [-0.25, -0.2) is 4.79 Å². The van der Waals surface area contributed by atoms with Crippen molar-refractivity contribution in [3.63, 3.8) is 0 Å². The van der Waals surface area contributed by atoms with E-state index < -0.39 is 17.8 Å². The first-order chi connectivity index (χ1) is 11.6. The van der Waals surface area contributed by atoms with Gasteiger partial charge in [-0.1, -0.05) is 56.3 Å². The molecule has 1 amide bonds. The van der Waals surface area contributed by atoms with E-state index in [1.807, 2.05) is 71.0 Å². The fourth-order valence-electron chi connectivity index (χ4n) is 2.35. The molecule has 1 aromatic rings. The van der Waals surface area contributed by atoms with Crippen LogP contribution < -0.4 is 5.32 Å². The summed E-state index contributed by atoms with van der Waals surface area (Å²) in [7, 11) is 0. The number of aliphatic hydroxyl groups is 1. The predicted molar refractivity (Wildman–Crippen MR) is 103 cm³/mol. The lowest BCUT2D eigenvalue weighted by atomic mass is 9.93. The molecule has 2 unspecified atom stereocenters. The lowest BCUT2D eigenvalue weighted by Gasteiger charge is -2.25. The molecule has 0 aliphatic rings. The fourth-order valence-corrected chi connectivity index (χ4v) is 2.35. The quantitative estimate of drug-likeness (QED) is 0.712. The zero-order valence-electron chi connectivity index (χ0n) is 16.0. The fraction of sp³-hybridized carbons (Fsp3) is 0.476. The number of nitrogens with one attached hydrogen (secondary N) is 1. The van der Waals surface area contributed by atoms with Crippen LogP contribution >= 0.6 is 0 Å². The molecule has 0 radical (unpaired) electrons. The summed E-state index contributed by atoms with van der Waals surface area (Å²) in [6.45, 7) is 13.2. The number of aliphatic hydroxyl groups excluding tert-OH is 1. The van der Waals surface area contributed by atoms with Gasteiger partial charge in [0.2, 0.25) is 0 Å². The number of hydrogen-bond acceptors (Lipinski definition) is 3. The average molecular weight is 345 g/mol. The largest absolute Gasteiger partial charge is 0.444 e. The second-order valence-electron chi connectivity index (χ2n) is 7.44. The highest BCUT2D eigenvalue weighted by atomic mass is 16.6. The number of rotatable bonds is 7. The molecule has 138 valence electrons. The van der Waals surface area contributed by atoms with Gasteiger partial charge in [0.05, 0.1) is 12.1 Å². The summed E-state index contributed by atoms with van der Waals surface area (Å²) < 4.78 is 5.36. The lowest BCUT2D eigenvalue weighted by molar-refractivity contribution is 0.0504. The Morgan fingerprint density at radius 2 is 1.88 bits per heavy atom. The molecule has 0 saturated carbocycles. The van der Waals surface area contributed by atoms with Crippen molar-refractivity contribution in [1.29, 1.82) is 0 Å². The minimum atomic E-state index is -0.679. The molecule has 0 bridgehead atoms. The second kappa shape index (κ2) is 9.42. The molecule has 0 heterocycles. The van der Waals surface area contributed by atoms with Crippen molar-refractivity contribution in [2.75, 3.05) is 0 Å². The van der Waals surface area contributed by atoms with Crippen LogP contribution in [0.25, 0.3) is 5.57 Å². The van der Waals surface area contributed by atoms with Gasteiger partial charge in [0, 0.05) is 0 Å². The summed E-state index contributed by atoms with van der Waals surface area (Å²) in [5.74, 6) is 0.141. The molecule has 1 rings (SSSR count). The summed E-state index contributed by atoms with van der Waals surface area (Å²) in [6, 6.07) is 9.42. The van der Waals surface area contributed by atoms with Crippen LogP contribution in [0, 0.1) is 5.92 Å². The van der Waals surface area contributed by atoms with Crippen LogP contribution in [0.4, 0.5) is 4.79 Å². The Labute approximate surface area is 151 Å². The predicted octanol–water partition coefficient (Wildman–Crippen LogP) is 4.56. The van der Waals surface area contributed by atoms with Crippen LogP contribution in [0.15, 0.2) is 49.1 Å². The zero-order chi connectivity index (χ0) is 19.0. The standard InChI is InChI=1S/C21H31NO3/c1-7-11-19(23)17(16-12-9-8-10-13-16)14-18(15(2)3)22-20(24)25-21(4,5)6/h7-10,12-15,18-19,23H,1,11H2,2-6H3,(H,22,24)/b17-14+. The molecule has 4 nitrogen and oxygen atoms in total. The van der Waals surface area contributed by atoms with Crippen molar-refractivity contribution in [2.24, 2.45) is 5.92 Å². The van der Waals surface area contributed by atoms with E-state index in [9.17, 15) is 9.90 Å². The summed E-state index contributed by atoms with van der Waals surface area (Å²) in [4.78, 5) is 12.1. The summed E-state index contributed by atoms with van der Waals surface area (Å²) >= 11 is 0. The zero-order valence-corrected chi connectivity index (χ0v) is 16.0. The SMILES string of the molecule is C=CCC(O)/C(=C/C(NC(=O)OC(C)(C)C)C(C)C)c1ccccc1. The molecule has 4 heteroatoms. The number of alkyl carbamates (subject to hydrolysis) is 1. The molecule has 2 N–H and O–H groups in total. The monoisotopic (exact) mass is 345 g/mol. The van der Waals surface area contributed by atoms with Gasteiger partial charge in [-0.2, -0.15) is 0 Å². The van der Waals surface area contributed by atoms with E-state index >= 15 is 0 Å². The van der Waals surface area contributed by atoms with Crippen LogP contribution in [-0.2, 0) is 4.74 Å². The average Bonchev–Trinajstić information content (AvgIpc) is 2.50. The van der Waals surface area contributed by atoms with E-state index in [1.165, 1.54) is 0 Å². The van der Waals surface area contributed by atoms with Crippen molar-refractivity contribution in [1.82, 2.24) is 5.32 Å². The first-order valence-corrected chi connectivity index (χ1v) is 8.69. The van der Waals surface area contributed by atoms with Crippen LogP contribution in [0.1, 0.15) is 46.6 Å².